The average Bonchev–Trinajstić information content (AvgIpc) is 2.97. The van der Waals surface area contributed by atoms with Gasteiger partial charge in [-0.3, -0.25) is 0 Å². The average molecular weight is 342 g/mol. The Hall–Kier alpha value is -1.51. The third-order valence-electron chi connectivity index (χ3n) is 5.38. The van der Waals surface area contributed by atoms with Gasteiger partial charge in [0.2, 0.25) is 0 Å². The smallest absolute Gasteiger partial charge is 0.107 e. The lowest BCUT2D eigenvalue weighted by atomic mass is 10.1. The van der Waals surface area contributed by atoms with Crippen molar-refractivity contribution in [2.45, 2.75) is 38.9 Å². The molecule has 120 valence electrons. The van der Waals surface area contributed by atoms with Gasteiger partial charge in [0.25, 0.3) is 0 Å². The van der Waals surface area contributed by atoms with Crippen LogP contribution in [-0.4, -0.2) is 13.1 Å². The molecule has 0 aliphatic heterocycles. The van der Waals surface area contributed by atoms with Crippen molar-refractivity contribution in [3.63, 3.8) is 0 Å². The van der Waals surface area contributed by atoms with Gasteiger partial charge in [-0.1, -0.05) is 80.8 Å². The fourth-order valence-electron chi connectivity index (χ4n) is 3.75. The summed E-state index contributed by atoms with van der Waals surface area (Å²) in [6, 6.07) is 20.8. The van der Waals surface area contributed by atoms with E-state index in [-0.39, 0.29) is 0 Å². The van der Waals surface area contributed by atoms with E-state index in [9.17, 15) is 0 Å². The number of fused-ring (bicyclic) bond motifs is 1. The van der Waals surface area contributed by atoms with Gasteiger partial charge in [-0.2, -0.15) is 0 Å². The van der Waals surface area contributed by atoms with E-state index in [0.717, 1.165) is 5.02 Å². The van der Waals surface area contributed by atoms with Crippen molar-refractivity contribution in [1.29, 1.82) is 0 Å². The normalized spacial score (nSPS) is 12.0. The van der Waals surface area contributed by atoms with Crippen LogP contribution in [0.25, 0.3) is 22.0 Å². The van der Waals surface area contributed by atoms with Gasteiger partial charge in [-0.05, 0) is 23.8 Å². The zero-order valence-corrected chi connectivity index (χ0v) is 15.9. The van der Waals surface area contributed by atoms with Crippen molar-refractivity contribution in [1.82, 2.24) is 4.98 Å². The summed E-state index contributed by atoms with van der Waals surface area (Å²) in [6.07, 6.45) is 0. The molecule has 3 rings (SSSR count). The second-order valence-electron chi connectivity index (χ2n) is 6.27. The van der Waals surface area contributed by atoms with Crippen molar-refractivity contribution in [2.75, 3.05) is 0 Å². The first kappa shape index (κ1) is 16.3. The molecule has 0 aliphatic carbocycles. The van der Waals surface area contributed by atoms with Gasteiger partial charge in [0.1, 0.15) is 8.07 Å². The van der Waals surface area contributed by atoms with Crippen molar-refractivity contribution >= 4 is 35.9 Å². The summed E-state index contributed by atoms with van der Waals surface area (Å²) in [5.41, 5.74) is 3.87. The Balaban J connectivity index is 2.38. The Morgan fingerprint density at radius 1 is 0.913 bits per heavy atom. The zero-order chi connectivity index (χ0) is 16.4. The molecule has 0 amide bonds. The number of benzene rings is 2. The summed E-state index contributed by atoms with van der Waals surface area (Å²) in [6.45, 7) is 7.06. The molecule has 0 aliphatic rings. The predicted molar refractivity (Wildman–Crippen MR) is 106 cm³/mol. The second kappa shape index (κ2) is 6.54. The Bertz CT molecular complexity index is 795. The summed E-state index contributed by atoms with van der Waals surface area (Å²) >= 11 is 6.30. The SMILES string of the molecule is CC[Si](CC)(CC)c1[nH]c2ccc(Cl)cc2c1-c1ccccc1. The van der Waals surface area contributed by atoms with Crippen LogP contribution in [0.4, 0.5) is 0 Å². The molecule has 0 spiro atoms. The quantitative estimate of drug-likeness (QED) is 0.531. The molecule has 23 heavy (non-hydrogen) atoms. The van der Waals surface area contributed by atoms with Crippen LogP contribution >= 0.6 is 11.6 Å². The van der Waals surface area contributed by atoms with E-state index in [2.05, 4.69) is 68.2 Å². The monoisotopic (exact) mass is 341 g/mol. The van der Waals surface area contributed by atoms with E-state index in [0.29, 0.717) is 0 Å². The molecule has 0 bridgehead atoms. The minimum atomic E-state index is -1.52. The van der Waals surface area contributed by atoms with Gasteiger partial charge in [-0.15, -0.1) is 0 Å². The highest BCUT2D eigenvalue weighted by molar-refractivity contribution is 6.92. The Labute approximate surface area is 144 Å². The molecule has 1 N–H and O–H groups in total. The molecule has 3 heteroatoms. The Morgan fingerprint density at radius 3 is 2.17 bits per heavy atom. The molecular weight excluding hydrogens is 318 g/mol. The van der Waals surface area contributed by atoms with Crippen molar-refractivity contribution in [3.05, 3.63) is 53.6 Å². The lowest BCUT2D eigenvalue weighted by molar-refractivity contribution is 1.18. The number of nitrogens with one attached hydrogen (secondary N) is 1. The van der Waals surface area contributed by atoms with Crippen LogP contribution in [0.3, 0.4) is 0 Å². The standard InChI is InChI=1S/C20H24ClNSi/c1-4-23(5-2,6-3)20-19(15-10-8-7-9-11-15)17-14-16(21)12-13-18(17)22-20/h7-14,22H,4-6H2,1-3H3. The summed E-state index contributed by atoms with van der Waals surface area (Å²) < 4.78 is 0. The molecule has 1 nitrogen and oxygen atoms in total. The fourth-order valence-corrected chi connectivity index (χ4v) is 7.69. The molecule has 2 aromatic carbocycles. The number of aromatic nitrogens is 1. The van der Waals surface area contributed by atoms with E-state index < -0.39 is 8.07 Å². The van der Waals surface area contributed by atoms with Gasteiger partial charge in [0.05, 0.1) is 0 Å². The summed E-state index contributed by atoms with van der Waals surface area (Å²) in [5.74, 6) is 0. The van der Waals surface area contributed by atoms with Crippen molar-refractivity contribution in [3.8, 4) is 11.1 Å². The molecule has 0 unspecified atom stereocenters. The highest BCUT2D eigenvalue weighted by Gasteiger charge is 2.34. The first-order valence-electron chi connectivity index (χ1n) is 8.52. The van der Waals surface area contributed by atoms with E-state index in [1.807, 2.05) is 6.07 Å². The van der Waals surface area contributed by atoms with Gasteiger partial charge in [0, 0.05) is 26.8 Å². The van der Waals surface area contributed by atoms with Crippen LogP contribution in [0.2, 0.25) is 23.2 Å². The van der Waals surface area contributed by atoms with E-state index >= 15 is 0 Å². The zero-order valence-electron chi connectivity index (χ0n) is 14.1. The fraction of sp³-hybridized carbons (Fsp3) is 0.300. The molecule has 3 aromatic rings. The van der Waals surface area contributed by atoms with Gasteiger partial charge < -0.3 is 4.98 Å². The molecule has 1 aromatic heterocycles. The molecule has 0 fully saturated rings. The van der Waals surface area contributed by atoms with Gasteiger partial charge in [-0.25, -0.2) is 0 Å². The molecule has 0 saturated heterocycles. The maximum Gasteiger partial charge on any atom is 0.107 e. The molecular formula is C20H24ClNSi. The summed E-state index contributed by atoms with van der Waals surface area (Å²) in [7, 11) is -1.52. The number of hydrogen-bond donors (Lipinski definition) is 1. The first-order valence-corrected chi connectivity index (χ1v) is 11.5. The molecule has 0 saturated carbocycles. The number of rotatable bonds is 5. The maximum atomic E-state index is 6.30. The second-order valence-corrected chi connectivity index (χ2v) is 11.9. The van der Waals surface area contributed by atoms with Crippen LogP contribution in [0.15, 0.2) is 48.5 Å². The first-order chi connectivity index (χ1) is 11.1. The summed E-state index contributed by atoms with van der Waals surface area (Å²) in [4.78, 5) is 3.79. The highest BCUT2D eigenvalue weighted by Crippen LogP contribution is 2.33. The van der Waals surface area contributed by atoms with E-state index in [1.165, 1.54) is 45.5 Å². The van der Waals surface area contributed by atoms with Crippen LogP contribution in [0.1, 0.15) is 20.8 Å². The van der Waals surface area contributed by atoms with Crippen molar-refractivity contribution in [2.24, 2.45) is 0 Å². The highest BCUT2D eigenvalue weighted by atomic mass is 35.5. The third-order valence-corrected chi connectivity index (χ3v) is 11.1. The number of hydrogen-bond acceptors (Lipinski definition) is 0. The lowest BCUT2D eigenvalue weighted by Gasteiger charge is -2.28. The molecule has 0 atom stereocenters. The molecule has 0 radical (unpaired) electrons. The maximum absolute atomic E-state index is 6.30. The van der Waals surface area contributed by atoms with Crippen LogP contribution in [-0.2, 0) is 0 Å². The van der Waals surface area contributed by atoms with Crippen LogP contribution in [0.5, 0.6) is 0 Å². The largest absolute Gasteiger partial charge is 0.362 e. The molecule has 1 heterocycles. The van der Waals surface area contributed by atoms with E-state index in [4.69, 9.17) is 11.6 Å². The van der Waals surface area contributed by atoms with Crippen LogP contribution in [0, 0.1) is 0 Å². The van der Waals surface area contributed by atoms with Crippen LogP contribution < -0.4 is 5.32 Å². The van der Waals surface area contributed by atoms with Gasteiger partial charge in [0.15, 0.2) is 0 Å². The lowest BCUT2D eigenvalue weighted by Crippen LogP contribution is -2.47. The number of halogens is 1. The number of aromatic amines is 1. The Morgan fingerprint density at radius 2 is 1.57 bits per heavy atom. The Kier molecular flexibility index (Phi) is 4.65. The minimum absolute atomic E-state index is 0.803. The van der Waals surface area contributed by atoms with Crippen molar-refractivity contribution < 1.29 is 0 Å². The topological polar surface area (TPSA) is 15.8 Å². The summed E-state index contributed by atoms with van der Waals surface area (Å²) in [5, 5.41) is 3.55. The predicted octanol–water partition coefficient (Wildman–Crippen LogP) is 6.20. The minimum Gasteiger partial charge on any atom is -0.362 e. The van der Waals surface area contributed by atoms with E-state index in [1.54, 1.807) is 0 Å². The number of H-pyrrole nitrogens is 1. The third kappa shape index (κ3) is 2.75. The van der Waals surface area contributed by atoms with Gasteiger partial charge >= 0.3 is 0 Å².